The van der Waals surface area contributed by atoms with Gasteiger partial charge < -0.3 is 9.64 Å². The smallest absolute Gasteiger partial charge is 0.269 e. The zero-order valence-electron chi connectivity index (χ0n) is 14.9. The summed E-state index contributed by atoms with van der Waals surface area (Å²) in [5.41, 5.74) is 1.57. The van der Waals surface area contributed by atoms with Crippen molar-refractivity contribution in [3.8, 4) is 5.88 Å². The molecule has 1 fully saturated rings. The Hall–Kier alpha value is -3.29. The van der Waals surface area contributed by atoms with Crippen LogP contribution < -0.4 is 4.74 Å². The SMILES string of the molecule is Cc1ccc(OC2CCCN(C(=O)/C=C/c3ccc([N+](=O)[O-])cc3)C2)nn1. The largest absolute Gasteiger partial charge is 0.471 e. The fraction of sp³-hybridized carbons (Fsp3) is 0.316. The predicted octanol–water partition coefficient (Wildman–Crippen LogP) is 2.78. The third kappa shape index (κ3) is 5.10. The van der Waals surface area contributed by atoms with Crippen LogP contribution in [0.2, 0.25) is 0 Å². The molecule has 27 heavy (non-hydrogen) atoms. The van der Waals surface area contributed by atoms with Crippen molar-refractivity contribution in [2.24, 2.45) is 0 Å². The van der Waals surface area contributed by atoms with Crippen LogP contribution in [0.25, 0.3) is 6.08 Å². The van der Waals surface area contributed by atoms with Gasteiger partial charge in [0.25, 0.3) is 5.69 Å². The number of piperidine rings is 1. The minimum absolute atomic E-state index is 0.0219. The van der Waals surface area contributed by atoms with E-state index in [0.29, 0.717) is 19.0 Å². The van der Waals surface area contributed by atoms with E-state index in [-0.39, 0.29) is 17.7 Å². The average Bonchev–Trinajstić information content (AvgIpc) is 2.68. The van der Waals surface area contributed by atoms with Crippen molar-refractivity contribution >= 4 is 17.7 Å². The van der Waals surface area contributed by atoms with E-state index in [4.69, 9.17) is 4.74 Å². The quantitative estimate of drug-likeness (QED) is 0.457. The van der Waals surface area contributed by atoms with E-state index in [1.807, 2.05) is 13.0 Å². The second-order valence-corrected chi connectivity index (χ2v) is 6.36. The molecule has 1 atom stereocenters. The molecule has 2 aromatic rings. The molecule has 0 spiro atoms. The first-order valence-electron chi connectivity index (χ1n) is 8.70. The van der Waals surface area contributed by atoms with Crippen LogP contribution in [-0.4, -0.2) is 45.1 Å². The van der Waals surface area contributed by atoms with Gasteiger partial charge in [-0.1, -0.05) is 0 Å². The number of nitro groups is 1. The number of ether oxygens (including phenoxy) is 1. The molecule has 8 nitrogen and oxygen atoms in total. The average molecular weight is 368 g/mol. The molecule has 1 aliphatic rings. The van der Waals surface area contributed by atoms with Crippen molar-refractivity contribution in [1.29, 1.82) is 0 Å². The molecule has 0 N–H and O–H groups in total. The molecule has 0 aliphatic carbocycles. The lowest BCUT2D eigenvalue weighted by Gasteiger charge is -2.31. The third-order valence-electron chi connectivity index (χ3n) is 4.27. The first-order valence-corrected chi connectivity index (χ1v) is 8.70. The van der Waals surface area contributed by atoms with Crippen molar-refractivity contribution in [3.05, 3.63) is 63.8 Å². The zero-order valence-corrected chi connectivity index (χ0v) is 14.9. The van der Waals surface area contributed by atoms with Crippen LogP contribution in [0.1, 0.15) is 24.1 Å². The number of hydrogen-bond acceptors (Lipinski definition) is 6. The number of nitrogens with zero attached hydrogens (tertiary/aromatic N) is 4. The van der Waals surface area contributed by atoms with Gasteiger partial charge in [-0.25, -0.2) is 0 Å². The number of carbonyl (C=O) groups excluding carboxylic acids is 1. The van der Waals surface area contributed by atoms with Crippen LogP contribution in [-0.2, 0) is 4.79 Å². The topological polar surface area (TPSA) is 98.5 Å². The molecule has 1 aromatic heterocycles. The summed E-state index contributed by atoms with van der Waals surface area (Å²) >= 11 is 0. The maximum Gasteiger partial charge on any atom is 0.269 e. The molecular weight excluding hydrogens is 348 g/mol. The Labute approximate surface area is 156 Å². The van der Waals surface area contributed by atoms with Crippen LogP contribution in [0.15, 0.2) is 42.5 Å². The standard InChI is InChI=1S/C19H20N4O4/c1-14-4-10-18(21-20-14)27-17-3-2-12-22(13-17)19(24)11-7-15-5-8-16(9-6-15)23(25)26/h4-11,17H,2-3,12-13H2,1H3/b11-7+. The molecule has 140 valence electrons. The molecule has 1 amide bonds. The lowest BCUT2D eigenvalue weighted by Crippen LogP contribution is -2.43. The monoisotopic (exact) mass is 368 g/mol. The molecule has 0 bridgehead atoms. The van der Waals surface area contributed by atoms with Gasteiger partial charge in [-0.05, 0) is 49.6 Å². The second kappa shape index (κ2) is 8.39. The van der Waals surface area contributed by atoms with Gasteiger partial charge >= 0.3 is 0 Å². The number of aryl methyl sites for hydroxylation is 1. The Kier molecular flexibility index (Phi) is 5.75. The summed E-state index contributed by atoms with van der Waals surface area (Å²) in [6.45, 7) is 3.01. The van der Waals surface area contributed by atoms with Gasteiger partial charge in [0, 0.05) is 30.8 Å². The first kappa shape index (κ1) is 18.5. The minimum atomic E-state index is -0.453. The van der Waals surface area contributed by atoms with Crippen LogP contribution >= 0.6 is 0 Å². The molecule has 1 saturated heterocycles. The Bertz CT molecular complexity index is 834. The summed E-state index contributed by atoms with van der Waals surface area (Å²) in [5.74, 6) is 0.345. The molecule has 8 heteroatoms. The Morgan fingerprint density at radius 3 is 2.70 bits per heavy atom. The lowest BCUT2D eigenvalue weighted by molar-refractivity contribution is -0.384. The van der Waals surface area contributed by atoms with Crippen molar-refractivity contribution in [1.82, 2.24) is 15.1 Å². The third-order valence-corrected chi connectivity index (χ3v) is 4.27. The number of benzene rings is 1. The van der Waals surface area contributed by atoms with Crippen LogP contribution in [0, 0.1) is 17.0 Å². The lowest BCUT2D eigenvalue weighted by atomic mass is 10.1. The summed E-state index contributed by atoms with van der Waals surface area (Å²) in [4.78, 5) is 24.4. The number of aromatic nitrogens is 2. The maximum atomic E-state index is 12.4. The van der Waals surface area contributed by atoms with Gasteiger partial charge in [0.05, 0.1) is 17.2 Å². The summed E-state index contributed by atoms with van der Waals surface area (Å²) in [7, 11) is 0. The molecule has 1 unspecified atom stereocenters. The Morgan fingerprint density at radius 2 is 2.04 bits per heavy atom. The molecule has 1 aliphatic heterocycles. The van der Waals surface area contributed by atoms with Gasteiger partial charge in [-0.3, -0.25) is 14.9 Å². The number of likely N-dealkylation sites (tertiary alicyclic amines) is 1. The summed E-state index contributed by atoms with van der Waals surface area (Å²) in [6.07, 6.45) is 4.72. The maximum absolute atomic E-state index is 12.4. The van der Waals surface area contributed by atoms with E-state index in [9.17, 15) is 14.9 Å². The van der Waals surface area contributed by atoms with Gasteiger partial charge in [0.1, 0.15) is 6.10 Å². The highest BCUT2D eigenvalue weighted by atomic mass is 16.6. The molecule has 3 rings (SSSR count). The van der Waals surface area contributed by atoms with Crippen LogP contribution in [0.4, 0.5) is 5.69 Å². The fourth-order valence-electron chi connectivity index (χ4n) is 2.83. The fourth-order valence-corrected chi connectivity index (χ4v) is 2.83. The van der Waals surface area contributed by atoms with E-state index >= 15 is 0 Å². The zero-order chi connectivity index (χ0) is 19.2. The summed E-state index contributed by atoms with van der Waals surface area (Å²) in [5, 5.41) is 18.6. The number of nitro benzene ring substituents is 1. The molecule has 1 aromatic carbocycles. The predicted molar refractivity (Wildman–Crippen MR) is 99.1 cm³/mol. The highest BCUT2D eigenvalue weighted by Gasteiger charge is 2.24. The number of non-ortho nitro benzene ring substituents is 1. The summed E-state index contributed by atoms with van der Waals surface area (Å²) < 4.78 is 5.83. The molecule has 2 heterocycles. The van der Waals surface area contributed by atoms with E-state index in [1.165, 1.54) is 18.2 Å². The Balaban J connectivity index is 1.57. The highest BCUT2D eigenvalue weighted by Crippen LogP contribution is 2.17. The number of carbonyl (C=O) groups is 1. The van der Waals surface area contributed by atoms with E-state index in [0.717, 1.165) is 24.1 Å². The van der Waals surface area contributed by atoms with Crippen molar-refractivity contribution in [2.75, 3.05) is 13.1 Å². The van der Waals surface area contributed by atoms with Gasteiger partial charge in [0.2, 0.25) is 11.8 Å². The van der Waals surface area contributed by atoms with E-state index in [2.05, 4.69) is 10.2 Å². The molecular formula is C19H20N4O4. The van der Waals surface area contributed by atoms with E-state index < -0.39 is 4.92 Å². The Morgan fingerprint density at radius 1 is 1.26 bits per heavy atom. The van der Waals surface area contributed by atoms with E-state index in [1.54, 1.807) is 29.2 Å². The minimum Gasteiger partial charge on any atom is -0.471 e. The van der Waals surface area contributed by atoms with Gasteiger partial charge in [0.15, 0.2) is 0 Å². The van der Waals surface area contributed by atoms with Crippen molar-refractivity contribution in [2.45, 2.75) is 25.9 Å². The molecule has 0 saturated carbocycles. The number of rotatable bonds is 5. The normalized spacial score (nSPS) is 17.1. The highest BCUT2D eigenvalue weighted by molar-refractivity contribution is 5.91. The van der Waals surface area contributed by atoms with Gasteiger partial charge in [-0.2, -0.15) is 5.10 Å². The number of amides is 1. The summed E-state index contributed by atoms with van der Waals surface area (Å²) in [6, 6.07) is 9.66. The second-order valence-electron chi connectivity index (χ2n) is 6.36. The molecule has 0 radical (unpaired) electrons. The van der Waals surface area contributed by atoms with Crippen LogP contribution in [0.5, 0.6) is 5.88 Å². The number of hydrogen-bond donors (Lipinski definition) is 0. The van der Waals surface area contributed by atoms with Gasteiger partial charge in [-0.15, -0.1) is 5.10 Å². The van der Waals surface area contributed by atoms with Crippen molar-refractivity contribution in [3.63, 3.8) is 0 Å². The van der Waals surface area contributed by atoms with Crippen LogP contribution in [0.3, 0.4) is 0 Å². The van der Waals surface area contributed by atoms with Crippen molar-refractivity contribution < 1.29 is 14.5 Å². The first-order chi connectivity index (χ1) is 13.0.